The minimum atomic E-state index is 0.748. The van der Waals surface area contributed by atoms with Crippen molar-refractivity contribution in [3.63, 3.8) is 0 Å². The van der Waals surface area contributed by atoms with Crippen LogP contribution >= 0.6 is 0 Å². The summed E-state index contributed by atoms with van der Waals surface area (Å²) in [5.41, 5.74) is 1.52. The topological polar surface area (TPSA) is 0 Å². The molecule has 0 radical (unpaired) electrons. The Bertz CT molecular complexity index is 248. The molecule has 15 heavy (non-hydrogen) atoms. The maximum Gasteiger partial charge on any atom is -0.0139 e. The van der Waals surface area contributed by atoms with E-state index in [1.165, 1.54) is 31.2 Å². The van der Waals surface area contributed by atoms with Crippen LogP contribution in [0.25, 0.3) is 0 Å². The third kappa shape index (κ3) is 4.07. The van der Waals surface area contributed by atoms with Crippen molar-refractivity contribution in [2.45, 2.75) is 52.4 Å². The molecule has 0 fully saturated rings. The van der Waals surface area contributed by atoms with Crippen LogP contribution < -0.4 is 0 Å². The molecule has 0 saturated heterocycles. The fourth-order valence-corrected chi connectivity index (χ4v) is 2.20. The average molecular weight is 204 g/mol. The molecule has 0 nitrogen and oxygen atoms in total. The fourth-order valence-electron chi connectivity index (χ4n) is 2.20. The maximum atomic E-state index is 2.34. The van der Waals surface area contributed by atoms with E-state index >= 15 is 0 Å². The van der Waals surface area contributed by atoms with Crippen LogP contribution in [0.4, 0.5) is 0 Å². The second kappa shape index (κ2) is 6.66. The smallest absolute Gasteiger partial charge is 0.0139 e. The lowest BCUT2D eigenvalue weighted by Crippen LogP contribution is -2.06. The molecule has 0 spiro atoms. The van der Waals surface area contributed by atoms with Gasteiger partial charge in [0.1, 0.15) is 0 Å². The molecule has 0 aromatic heterocycles. The summed E-state index contributed by atoms with van der Waals surface area (Å²) in [6, 6.07) is 11.0. The zero-order valence-electron chi connectivity index (χ0n) is 10.4. The van der Waals surface area contributed by atoms with Gasteiger partial charge in [0.2, 0.25) is 0 Å². The van der Waals surface area contributed by atoms with Gasteiger partial charge in [-0.05, 0) is 23.8 Å². The van der Waals surface area contributed by atoms with E-state index in [-0.39, 0.29) is 0 Å². The van der Waals surface area contributed by atoms with Crippen LogP contribution in [0.1, 0.15) is 57.9 Å². The van der Waals surface area contributed by atoms with Gasteiger partial charge in [-0.1, -0.05) is 70.4 Å². The Balaban J connectivity index is 2.58. The Morgan fingerprint density at radius 2 is 1.67 bits per heavy atom. The third-order valence-corrected chi connectivity index (χ3v) is 3.15. The van der Waals surface area contributed by atoms with Crippen LogP contribution in [0.5, 0.6) is 0 Å². The van der Waals surface area contributed by atoms with Crippen molar-refractivity contribution in [3.05, 3.63) is 35.9 Å². The van der Waals surface area contributed by atoms with Crippen molar-refractivity contribution in [2.75, 3.05) is 0 Å². The number of unbranched alkanes of at least 4 members (excludes halogenated alkanes) is 2. The maximum absolute atomic E-state index is 2.34. The van der Waals surface area contributed by atoms with Crippen molar-refractivity contribution in [1.82, 2.24) is 0 Å². The first-order valence-corrected chi connectivity index (χ1v) is 6.30. The molecule has 1 atom stereocenters. The summed E-state index contributed by atoms with van der Waals surface area (Å²) >= 11 is 0. The monoisotopic (exact) mass is 204 g/mol. The lowest BCUT2D eigenvalue weighted by Gasteiger charge is -2.21. The lowest BCUT2D eigenvalue weighted by atomic mass is 9.84. The molecule has 84 valence electrons. The highest BCUT2D eigenvalue weighted by Crippen LogP contribution is 2.29. The van der Waals surface area contributed by atoms with Gasteiger partial charge in [0.15, 0.2) is 0 Å². The molecule has 0 heterocycles. The summed E-state index contributed by atoms with van der Waals surface area (Å²) < 4.78 is 0. The van der Waals surface area contributed by atoms with E-state index in [1.807, 2.05) is 0 Å². The predicted octanol–water partition coefficient (Wildman–Crippen LogP) is 5.01. The van der Waals surface area contributed by atoms with Crippen molar-refractivity contribution in [1.29, 1.82) is 0 Å². The standard InChI is InChI=1S/C15H24/c1-4-5-7-12-15(13(2)3)14-10-8-6-9-11-14/h6,8-11,13,15H,4-5,7,12H2,1-3H3. The zero-order chi connectivity index (χ0) is 11.1. The van der Waals surface area contributed by atoms with Gasteiger partial charge in [0.25, 0.3) is 0 Å². The quantitative estimate of drug-likeness (QED) is 0.572. The van der Waals surface area contributed by atoms with Crippen LogP contribution in [0, 0.1) is 5.92 Å². The highest BCUT2D eigenvalue weighted by Gasteiger charge is 2.14. The third-order valence-electron chi connectivity index (χ3n) is 3.15. The Labute approximate surface area is 94.7 Å². The van der Waals surface area contributed by atoms with Gasteiger partial charge in [0, 0.05) is 0 Å². The van der Waals surface area contributed by atoms with Gasteiger partial charge < -0.3 is 0 Å². The molecular formula is C15H24. The number of hydrogen-bond acceptors (Lipinski definition) is 0. The number of rotatable bonds is 6. The molecular weight excluding hydrogens is 180 g/mol. The summed E-state index contributed by atoms with van der Waals surface area (Å²) in [5, 5.41) is 0. The Morgan fingerprint density at radius 3 is 2.20 bits per heavy atom. The molecule has 1 unspecified atom stereocenters. The van der Waals surface area contributed by atoms with Crippen molar-refractivity contribution >= 4 is 0 Å². The predicted molar refractivity (Wildman–Crippen MR) is 68.2 cm³/mol. The highest BCUT2D eigenvalue weighted by atomic mass is 14.2. The van der Waals surface area contributed by atoms with Crippen LogP contribution in [-0.2, 0) is 0 Å². The first kappa shape index (κ1) is 12.3. The first-order chi connectivity index (χ1) is 7.25. The van der Waals surface area contributed by atoms with Gasteiger partial charge in [-0.15, -0.1) is 0 Å². The second-order valence-electron chi connectivity index (χ2n) is 4.76. The lowest BCUT2D eigenvalue weighted by molar-refractivity contribution is 0.447. The fraction of sp³-hybridized carbons (Fsp3) is 0.600. The molecule has 0 aliphatic heterocycles. The molecule has 0 aliphatic rings. The molecule has 0 N–H and O–H groups in total. The molecule has 1 aromatic carbocycles. The number of benzene rings is 1. The Hall–Kier alpha value is -0.780. The van der Waals surface area contributed by atoms with Crippen molar-refractivity contribution in [3.8, 4) is 0 Å². The van der Waals surface area contributed by atoms with E-state index < -0.39 is 0 Å². The van der Waals surface area contributed by atoms with Crippen molar-refractivity contribution < 1.29 is 0 Å². The Kier molecular flexibility index (Phi) is 5.45. The molecule has 0 amide bonds. The molecule has 0 aliphatic carbocycles. The summed E-state index contributed by atoms with van der Waals surface area (Å²) in [7, 11) is 0. The van der Waals surface area contributed by atoms with Gasteiger partial charge in [0.05, 0.1) is 0 Å². The van der Waals surface area contributed by atoms with Crippen molar-refractivity contribution in [2.24, 2.45) is 5.92 Å². The molecule has 0 bridgehead atoms. The number of hydrogen-bond donors (Lipinski definition) is 0. The largest absolute Gasteiger partial charge is 0.0654 e. The summed E-state index contributed by atoms with van der Waals surface area (Å²) in [6.45, 7) is 6.94. The second-order valence-corrected chi connectivity index (χ2v) is 4.76. The SMILES string of the molecule is CCCCCC(c1ccccc1)C(C)C. The van der Waals surface area contributed by atoms with E-state index in [4.69, 9.17) is 0 Å². The minimum absolute atomic E-state index is 0.748. The molecule has 1 rings (SSSR count). The van der Waals surface area contributed by atoms with Crippen LogP contribution in [0.3, 0.4) is 0 Å². The normalized spacial score (nSPS) is 13.1. The molecule has 0 saturated carbocycles. The Morgan fingerprint density at radius 1 is 1.00 bits per heavy atom. The van der Waals surface area contributed by atoms with Crippen LogP contribution in [0.15, 0.2) is 30.3 Å². The van der Waals surface area contributed by atoms with E-state index in [0.717, 1.165) is 11.8 Å². The van der Waals surface area contributed by atoms with E-state index in [1.54, 1.807) is 0 Å². The minimum Gasteiger partial charge on any atom is -0.0654 e. The van der Waals surface area contributed by atoms with Crippen LogP contribution in [-0.4, -0.2) is 0 Å². The van der Waals surface area contributed by atoms with E-state index in [2.05, 4.69) is 51.1 Å². The first-order valence-electron chi connectivity index (χ1n) is 6.30. The average Bonchev–Trinajstić information content (AvgIpc) is 2.25. The molecule has 0 heteroatoms. The summed E-state index contributed by atoms with van der Waals surface area (Å²) in [4.78, 5) is 0. The summed E-state index contributed by atoms with van der Waals surface area (Å²) in [5.74, 6) is 1.50. The highest BCUT2D eigenvalue weighted by molar-refractivity contribution is 5.19. The van der Waals surface area contributed by atoms with Gasteiger partial charge in [-0.3, -0.25) is 0 Å². The zero-order valence-corrected chi connectivity index (χ0v) is 10.4. The molecule has 1 aromatic rings. The van der Waals surface area contributed by atoms with Gasteiger partial charge in [-0.2, -0.15) is 0 Å². The van der Waals surface area contributed by atoms with Crippen LogP contribution in [0.2, 0.25) is 0 Å². The van der Waals surface area contributed by atoms with Gasteiger partial charge in [-0.25, -0.2) is 0 Å². The summed E-state index contributed by atoms with van der Waals surface area (Å²) in [6.07, 6.45) is 5.40. The van der Waals surface area contributed by atoms with Gasteiger partial charge >= 0.3 is 0 Å². The van der Waals surface area contributed by atoms with E-state index in [9.17, 15) is 0 Å². The van der Waals surface area contributed by atoms with E-state index in [0.29, 0.717) is 0 Å².